The minimum absolute atomic E-state index is 0.141. The van der Waals surface area contributed by atoms with E-state index in [0.717, 1.165) is 22.9 Å². The number of carbonyl (C=O) groups excluding carboxylic acids is 4. The molecule has 8 heteroatoms. The average molecular weight is 523 g/mol. The summed E-state index contributed by atoms with van der Waals surface area (Å²) in [5.41, 5.74) is 2.31. The van der Waals surface area contributed by atoms with Gasteiger partial charge < -0.3 is 10.1 Å². The van der Waals surface area contributed by atoms with Crippen molar-refractivity contribution in [2.45, 2.75) is 19.8 Å². The second-order valence-corrected chi connectivity index (χ2v) is 9.75. The number of carbonyl (C=O) groups is 4. The number of esters is 1. The lowest BCUT2D eigenvalue weighted by Crippen LogP contribution is -2.32. The molecule has 1 N–H and O–H groups in total. The van der Waals surface area contributed by atoms with Gasteiger partial charge in [-0.2, -0.15) is 0 Å². The van der Waals surface area contributed by atoms with Gasteiger partial charge in [0, 0.05) is 10.2 Å². The highest BCUT2D eigenvalue weighted by atomic mass is 79.9. The van der Waals surface area contributed by atoms with E-state index in [1.807, 2.05) is 19.1 Å². The van der Waals surface area contributed by atoms with Gasteiger partial charge in [-0.25, -0.2) is 4.79 Å². The highest BCUT2D eigenvalue weighted by molar-refractivity contribution is 9.10. The van der Waals surface area contributed by atoms with E-state index in [0.29, 0.717) is 11.4 Å². The minimum Gasteiger partial charge on any atom is -0.452 e. The lowest BCUT2D eigenvalue weighted by atomic mass is 9.85. The Morgan fingerprint density at radius 3 is 2.29 bits per heavy atom. The van der Waals surface area contributed by atoms with Crippen LogP contribution in [0.2, 0.25) is 0 Å². The van der Waals surface area contributed by atoms with Crippen molar-refractivity contribution in [1.82, 2.24) is 0 Å². The smallest absolute Gasteiger partial charge is 0.338 e. The van der Waals surface area contributed by atoms with E-state index < -0.39 is 18.5 Å². The van der Waals surface area contributed by atoms with E-state index >= 15 is 0 Å². The number of hydrogen-bond acceptors (Lipinski definition) is 5. The Labute approximate surface area is 205 Å². The first-order chi connectivity index (χ1) is 16.4. The van der Waals surface area contributed by atoms with Crippen molar-refractivity contribution < 1.29 is 23.9 Å². The summed E-state index contributed by atoms with van der Waals surface area (Å²) in [4.78, 5) is 51.8. The molecule has 1 heterocycles. The number of nitrogens with one attached hydrogen (secondary N) is 1. The first-order valence-corrected chi connectivity index (χ1v) is 12.1. The van der Waals surface area contributed by atoms with Crippen LogP contribution in [0.1, 0.15) is 29.3 Å². The van der Waals surface area contributed by atoms with Gasteiger partial charge in [-0.1, -0.05) is 35.0 Å². The molecule has 1 aliphatic heterocycles. The molecule has 1 saturated heterocycles. The van der Waals surface area contributed by atoms with Gasteiger partial charge in [0.15, 0.2) is 6.61 Å². The number of halogens is 1. The zero-order chi connectivity index (χ0) is 24.0. The van der Waals surface area contributed by atoms with Gasteiger partial charge >= 0.3 is 5.97 Å². The number of nitrogens with zero attached hydrogens (tertiary/aromatic N) is 1. The molecular weight excluding hydrogens is 500 g/mol. The van der Waals surface area contributed by atoms with Crippen LogP contribution in [0.5, 0.6) is 0 Å². The van der Waals surface area contributed by atoms with Crippen molar-refractivity contribution in [3.63, 3.8) is 0 Å². The maximum atomic E-state index is 12.9. The topological polar surface area (TPSA) is 92.8 Å². The minimum atomic E-state index is -0.661. The van der Waals surface area contributed by atoms with Gasteiger partial charge in [0.25, 0.3) is 5.91 Å². The molecule has 3 aliphatic rings. The summed E-state index contributed by atoms with van der Waals surface area (Å²) < 4.78 is 6.07. The zero-order valence-corrected chi connectivity index (χ0v) is 20.1. The van der Waals surface area contributed by atoms with Crippen LogP contribution in [-0.4, -0.2) is 30.3 Å². The molecule has 4 atom stereocenters. The number of rotatable bonds is 6. The lowest BCUT2D eigenvalue weighted by Gasteiger charge is -2.17. The molecule has 5 rings (SSSR count). The second-order valence-electron chi connectivity index (χ2n) is 8.84. The first kappa shape index (κ1) is 22.5. The van der Waals surface area contributed by atoms with Crippen LogP contribution in [0, 0.1) is 23.7 Å². The Morgan fingerprint density at radius 1 is 1.03 bits per heavy atom. The van der Waals surface area contributed by atoms with E-state index in [4.69, 9.17) is 4.74 Å². The van der Waals surface area contributed by atoms with E-state index in [2.05, 4.69) is 33.4 Å². The summed E-state index contributed by atoms with van der Waals surface area (Å²) in [6.07, 6.45) is 5.72. The van der Waals surface area contributed by atoms with Crippen LogP contribution < -0.4 is 10.2 Å². The Hall–Kier alpha value is -3.26. The zero-order valence-electron chi connectivity index (χ0n) is 18.5. The Kier molecular flexibility index (Phi) is 5.85. The van der Waals surface area contributed by atoms with E-state index in [-0.39, 0.29) is 41.0 Å². The summed E-state index contributed by atoms with van der Waals surface area (Å²) in [5, 5.41) is 2.76. The van der Waals surface area contributed by atoms with Crippen LogP contribution in [0.15, 0.2) is 59.1 Å². The van der Waals surface area contributed by atoms with Crippen molar-refractivity contribution >= 4 is 51.0 Å². The lowest BCUT2D eigenvalue weighted by molar-refractivity contribution is -0.123. The number of fused-ring (bicyclic) bond motifs is 5. The fourth-order valence-corrected chi connectivity index (χ4v) is 5.69. The van der Waals surface area contributed by atoms with Crippen molar-refractivity contribution in [3.8, 4) is 0 Å². The molecule has 2 aromatic carbocycles. The second kappa shape index (κ2) is 8.83. The normalized spacial score (nSPS) is 24.5. The van der Waals surface area contributed by atoms with E-state index in [9.17, 15) is 19.2 Å². The monoisotopic (exact) mass is 522 g/mol. The fraction of sp³-hybridized carbons (Fsp3) is 0.308. The SMILES string of the molecule is CCc1cc(Br)ccc1NC(=O)COC(=O)c1ccc(N2C(=O)[C@@H]3[C@H](C2=O)[C@H]2C=C[C@H]3C2)cc1. The third-order valence-corrected chi connectivity index (χ3v) is 7.38. The number of allylic oxidation sites excluding steroid dienone is 2. The summed E-state index contributed by atoms with van der Waals surface area (Å²) in [6, 6.07) is 11.7. The molecule has 2 bridgehead atoms. The molecular formula is C26H23BrN2O5. The number of anilines is 2. The van der Waals surface area contributed by atoms with Crippen molar-refractivity contribution in [3.05, 3.63) is 70.2 Å². The van der Waals surface area contributed by atoms with Crippen LogP contribution >= 0.6 is 15.9 Å². The molecule has 0 aromatic heterocycles. The highest BCUT2D eigenvalue weighted by Gasteiger charge is 2.59. The van der Waals surface area contributed by atoms with Crippen molar-refractivity contribution in [2.75, 3.05) is 16.8 Å². The molecule has 1 saturated carbocycles. The molecule has 7 nitrogen and oxygen atoms in total. The van der Waals surface area contributed by atoms with Gasteiger partial charge in [0.05, 0.1) is 23.1 Å². The average Bonchev–Trinajstić information content (AvgIpc) is 3.52. The molecule has 0 radical (unpaired) electrons. The summed E-state index contributed by atoms with van der Waals surface area (Å²) in [6.45, 7) is 1.56. The number of hydrogen-bond donors (Lipinski definition) is 1. The van der Waals surface area contributed by atoms with Gasteiger partial charge in [0.1, 0.15) is 0 Å². The fourth-order valence-electron chi connectivity index (χ4n) is 5.28. The summed E-state index contributed by atoms with van der Waals surface area (Å²) >= 11 is 3.41. The van der Waals surface area contributed by atoms with E-state index in [1.165, 1.54) is 17.0 Å². The van der Waals surface area contributed by atoms with E-state index in [1.54, 1.807) is 18.2 Å². The number of amides is 3. The molecule has 34 heavy (non-hydrogen) atoms. The van der Waals surface area contributed by atoms with Gasteiger partial charge in [-0.05, 0) is 72.7 Å². The predicted octanol–water partition coefficient (Wildman–Crippen LogP) is 4.12. The molecule has 174 valence electrons. The Bertz CT molecular complexity index is 1190. The van der Waals surface area contributed by atoms with Gasteiger partial charge in [-0.15, -0.1) is 0 Å². The largest absolute Gasteiger partial charge is 0.452 e. The van der Waals surface area contributed by atoms with Crippen molar-refractivity contribution in [2.24, 2.45) is 23.7 Å². The maximum Gasteiger partial charge on any atom is 0.338 e. The van der Waals surface area contributed by atoms with Crippen LogP contribution in [-0.2, 0) is 25.5 Å². The molecule has 2 fully saturated rings. The van der Waals surface area contributed by atoms with Crippen LogP contribution in [0.3, 0.4) is 0 Å². The molecule has 2 aromatic rings. The third-order valence-electron chi connectivity index (χ3n) is 6.89. The number of ether oxygens (including phenoxy) is 1. The summed E-state index contributed by atoms with van der Waals surface area (Å²) in [5.74, 6) is -1.70. The van der Waals surface area contributed by atoms with Gasteiger partial charge in [0.2, 0.25) is 11.8 Å². The summed E-state index contributed by atoms with van der Waals surface area (Å²) in [7, 11) is 0. The quantitative estimate of drug-likeness (QED) is 0.350. The molecule has 0 spiro atoms. The third kappa shape index (κ3) is 3.86. The first-order valence-electron chi connectivity index (χ1n) is 11.3. The van der Waals surface area contributed by atoms with Crippen LogP contribution in [0.25, 0.3) is 0 Å². The molecule has 3 amide bonds. The molecule has 2 aliphatic carbocycles. The predicted molar refractivity (Wildman–Crippen MR) is 129 cm³/mol. The Morgan fingerprint density at radius 2 is 1.68 bits per heavy atom. The van der Waals surface area contributed by atoms with Crippen molar-refractivity contribution in [1.29, 1.82) is 0 Å². The number of aryl methyl sites for hydroxylation is 1. The highest BCUT2D eigenvalue weighted by Crippen LogP contribution is 2.53. The van der Waals surface area contributed by atoms with Gasteiger partial charge in [-0.3, -0.25) is 19.3 Å². The maximum absolute atomic E-state index is 12.9. The Balaban J connectivity index is 1.20. The molecule has 0 unspecified atom stereocenters. The van der Waals surface area contributed by atoms with Crippen LogP contribution in [0.4, 0.5) is 11.4 Å². The standard InChI is InChI=1S/C26H23BrN2O5/c1-2-14-12-18(27)7-10-20(14)28-21(30)13-34-26(33)15-5-8-19(9-6-15)29-24(31)22-16-3-4-17(11-16)23(22)25(29)32/h3-10,12,16-17,22-23H,2,11,13H2,1H3,(H,28,30)/t16-,17-,22-,23+/m0/s1. The number of imide groups is 1. The number of benzene rings is 2.